The van der Waals surface area contributed by atoms with Crippen molar-refractivity contribution >= 4 is 34.8 Å². The molecule has 132 valence electrons. The van der Waals surface area contributed by atoms with Crippen LogP contribution in [0, 0.1) is 0 Å². The third-order valence-corrected chi connectivity index (χ3v) is 3.68. The fourth-order valence-corrected chi connectivity index (χ4v) is 2.51. The Morgan fingerprint density at radius 1 is 0.917 bits per heavy atom. The van der Waals surface area contributed by atoms with E-state index in [-0.39, 0.29) is 5.69 Å². The second-order valence-corrected chi connectivity index (χ2v) is 5.81. The molecule has 1 heterocycles. The van der Waals surface area contributed by atoms with E-state index < -0.39 is 38.8 Å². The summed E-state index contributed by atoms with van der Waals surface area (Å²) >= 11 is 15.7. The van der Waals surface area contributed by atoms with Crippen LogP contribution in [0.2, 0.25) is 10.0 Å². The Bertz CT molecular complexity index is 742. The quantitative estimate of drug-likeness (QED) is 0.436. The van der Waals surface area contributed by atoms with Crippen LogP contribution in [0.5, 0.6) is 0 Å². The van der Waals surface area contributed by atoms with E-state index in [1.807, 2.05) is 0 Å². The van der Waals surface area contributed by atoms with E-state index in [2.05, 4.69) is 16.6 Å². The zero-order valence-electron chi connectivity index (χ0n) is 11.0. The van der Waals surface area contributed by atoms with Crippen molar-refractivity contribution in [3.8, 4) is 5.69 Å². The molecule has 2 nitrogen and oxygen atoms in total. The van der Waals surface area contributed by atoms with Crippen LogP contribution in [0.4, 0.5) is 30.7 Å². The van der Waals surface area contributed by atoms with Crippen molar-refractivity contribution in [1.29, 1.82) is 0 Å². The number of hydrogen-bond donors (Lipinski definition) is 0. The first-order chi connectivity index (χ1) is 10.7. The van der Waals surface area contributed by atoms with Crippen molar-refractivity contribution in [2.45, 2.75) is 17.5 Å². The van der Waals surface area contributed by atoms with Crippen LogP contribution in [-0.2, 0) is 12.1 Å². The van der Waals surface area contributed by atoms with E-state index in [1.54, 1.807) is 0 Å². The lowest BCUT2D eigenvalue weighted by molar-refractivity contribution is -0.166. The summed E-state index contributed by atoms with van der Waals surface area (Å²) in [5.74, 6) is -4.81. The predicted octanol–water partition coefficient (Wildman–Crippen LogP) is 6.12. The fraction of sp³-hybridized carbons (Fsp3) is 0.250. The van der Waals surface area contributed by atoms with Gasteiger partial charge in [-0.1, -0.05) is 23.2 Å². The van der Waals surface area contributed by atoms with Gasteiger partial charge in [-0.25, -0.2) is 4.98 Å². The summed E-state index contributed by atoms with van der Waals surface area (Å²) < 4.78 is 91.0. The van der Waals surface area contributed by atoms with E-state index in [1.165, 1.54) is 0 Å². The highest BCUT2D eigenvalue weighted by Crippen LogP contribution is 2.45. The molecular weight excluding hydrogens is 411 g/mol. The van der Waals surface area contributed by atoms with E-state index >= 15 is 0 Å². The van der Waals surface area contributed by atoms with Crippen molar-refractivity contribution < 1.29 is 30.7 Å². The molecule has 0 aliphatic rings. The zero-order chi connectivity index (χ0) is 18.5. The lowest BCUT2D eigenvalue weighted by Gasteiger charge is -2.18. The largest absolute Gasteiger partial charge is 0.416 e. The number of benzene rings is 1. The molecule has 0 N–H and O–H groups in total. The van der Waals surface area contributed by atoms with Gasteiger partial charge in [-0.3, -0.25) is 0 Å². The standard InChI is InChI=1S/C12H4Cl3F7N2/c13-6-1-5(11(18,19)20)2-7(14)9(6)24-3-8(23-4-24)10(16,17)12(15,21)22/h1-4H. The average molecular weight is 416 g/mol. The highest BCUT2D eigenvalue weighted by molar-refractivity contribution is 6.37. The van der Waals surface area contributed by atoms with Crippen LogP contribution in [0.25, 0.3) is 5.69 Å². The molecule has 1 aromatic heterocycles. The van der Waals surface area contributed by atoms with Gasteiger partial charge in [0.1, 0.15) is 5.69 Å². The van der Waals surface area contributed by atoms with Crippen LogP contribution in [0.1, 0.15) is 11.3 Å². The molecule has 0 spiro atoms. The Hall–Kier alpha value is -1.19. The summed E-state index contributed by atoms with van der Waals surface area (Å²) in [6.45, 7) is 0. The minimum Gasteiger partial charge on any atom is -0.303 e. The molecule has 0 saturated carbocycles. The molecule has 2 aromatic rings. The Labute approximate surface area is 144 Å². The van der Waals surface area contributed by atoms with E-state index in [9.17, 15) is 30.7 Å². The SMILES string of the molecule is FC(F)(F)c1cc(Cl)c(-n2cnc(C(F)(F)C(F)(F)Cl)c2)c(Cl)c1. The average Bonchev–Trinajstić information content (AvgIpc) is 2.85. The van der Waals surface area contributed by atoms with E-state index in [4.69, 9.17) is 23.2 Å². The van der Waals surface area contributed by atoms with Gasteiger partial charge >= 0.3 is 17.5 Å². The van der Waals surface area contributed by atoms with Gasteiger partial charge in [0.15, 0.2) is 0 Å². The zero-order valence-corrected chi connectivity index (χ0v) is 13.3. The summed E-state index contributed by atoms with van der Waals surface area (Å²) in [6, 6.07) is 1.02. The van der Waals surface area contributed by atoms with Crippen LogP contribution in [0.3, 0.4) is 0 Å². The topological polar surface area (TPSA) is 17.8 Å². The van der Waals surface area contributed by atoms with Gasteiger partial charge < -0.3 is 4.57 Å². The molecule has 0 unspecified atom stereocenters. The minimum atomic E-state index is -4.92. The second kappa shape index (κ2) is 5.96. The van der Waals surface area contributed by atoms with Crippen LogP contribution in [0.15, 0.2) is 24.7 Å². The molecule has 0 fully saturated rings. The fourth-order valence-electron chi connectivity index (χ4n) is 1.73. The Morgan fingerprint density at radius 3 is 1.83 bits per heavy atom. The molecule has 0 saturated heterocycles. The monoisotopic (exact) mass is 414 g/mol. The van der Waals surface area contributed by atoms with Crippen LogP contribution >= 0.6 is 34.8 Å². The maximum atomic E-state index is 13.4. The van der Waals surface area contributed by atoms with Crippen LogP contribution in [-0.4, -0.2) is 14.9 Å². The molecule has 0 amide bonds. The number of aromatic nitrogens is 2. The Balaban J connectivity index is 2.52. The van der Waals surface area contributed by atoms with Gasteiger partial charge in [-0.05, 0) is 23.7 Å². The highest BCUT2D eigenvalue weighted by Gasteiger charge is 2.58. The molecule has 0 aliphatic carbocycles. The number of imidazole rings is 1. The summed E-state index contributed by atoms with van der Waals surface area (Å²) in [6.07, 6.45) is -3.65. The second-order valence-electron chi connectivity index (χ2n) is 4.52. The summed E-state index contributed by atoms with van der Waals surface area (Å²) in [7, 11) is 0. The van der Waals surface area contributed by atoms with E-state index in [0.29, 0.717) is 29.2 Å². The first-order valence-electron chi connectivity index (χ1n) is 5.81. The number of nitrogens with zero attached hydrogens (tertiary/aromatic N) is 2. The maximum absolute atomic E-state index is 13.4. The molecule has 24 heavy (non-hydrogen) atoms. The van der Waals surface area contributed by atoms with Gasteiger partial charge in [0.2, 0.25) is 0 Å². The van der Waals surface area contributed by atoms with Gasteiger partial charge in [-0.15, -0.1) is 0 Å². The summed E-state index contributed by atoms with van der Waals surface area (Å²) in [5, 5.41) is -6.00. The molecule has 0 aliphatic heterocycles. The summed E-state index contributed by atoms with van der Waals surface area (Å²) in [5.41, 5.74) is -2.91. The Kier molecular flexibility index (Phi) is 4.75. The molecule has 0 atom stereocenters. The molecular formula is C12H4Cl3F7N2. The molecule has 0 bridgehead atoms. The number of halogens is 10. The normalized spacial score (nSPS) is 13.4. The lowest BCUT2D eigenvalue weighted by atomic mass is 10.2. The van der Waals surface area contributed by atoms with Crippen molar-refractivity contribution in [1.82, 2.24) is 9.55 Å². The third kappa shape index (κ3) is 3.43. The van der Waals surface area contributed by atoms with E-state index in [0.717, 1.165) is 0 Å². The molecule has 1 aromatic carbocycles. The maximum Gasteiger partial charge on any atom is 0.416 e. The molecule has 12 heteroatoms. The van der Waals surface area contributed by atoms with Crippen molar-refractivity contribution in [3.63, 3.8) is 0 Å². The number of hydrogen-bond acceptors (Lipinski definition) is 1. The summed E-state index contributed by atoms with van der Waals surface area (Å²) in [4.78, 5) is 3.09. The lowest BCUT2D eigenvalue weighted by Crippen LogP contribution is -2.33. The molecule has 2 rings (SSSR count). The smallest absolute Gasteiger partial charge is 0.303 e. The van der Waals surface area contributed by atoms with Gasteiger partial charge in [0, 0.05) is 6.20 Å². The number of rotatable bonds is 3. The third-order valence-electron chi connectivity index (χ3n) is 2.86. The van der Waals surface area contributed by atoms with Crippen molar-refractivity contribution in [2.75, 3.05) is 0 Å². The van der Waals surface area contributed by atoms with Gasteiger partial charge in [-0.2, -0.15) is 30.7 Å². The van der Waals surface area contributed by atoms with Gasteiger partial charge in [0.05, 0.1) is 27.6 Å². The first kappa shape index (κ1) is 19.1. The number of alkyl halides is 8. The van der Waals surface area contributed by atoms with Gasteiger partial charge in [0.25, 0.3) is 0 Å². The Morgan fingerprint density at radius 2 is 1.42 bits per heavy atom. The minimum absolute atomic E-state index is 0.334. The van der Waals surface area contributed by atoms with Crippen molar-refractivity contribution in [3.05, 3.63) is 46.0 Å². The van der Waals surface area contributed by atoms with Crippen LogP contribution < -0.4 is 0 Å². The predicted molar refractivity (Wildman–Crippen MR) is 73.3 cm³/mol. The highest BCUT2D eigenvalue weighted by atomic mass is 35.5. The first-order valence-corrected chi connectivity index (χ1v) is 6.94. The van der Waals surface area contributed by atoms with Crippen molar-refractivity contribution in [2.24, 2.45) is 0 Å². The molecule has 0 radical (unpaired) electrons.